The summed E-state index contributed by atoms with van der Waals surface area (Å²) in [5.74, 6) is -0.216. The molecule has 1 rings (SSSR count). The zero-order valence-electron chi connectivity index (χ0n) is 10.2. The molecule has 1 aromatic heterocycles. The number of nitrogens with one attached hydrogen (secondary N) is 1. The van der Waals surface area contributed by atoms with Crippen LogP contribution in [-0.4, -0.2) is 16.4 Å². The van der Waals surface area contributed by atoms with Gasteiger partial charge in [-0.1, -0.05) is 0 Å². The molecule has 1 amide bonds. The number of rotatable bonds is 5. The molecule has 0 saturated carbocycles. The fourth-order valence-corrected chi connectivity index (χ4v) is 1.56. The van der Waals surface area contributed by atoms with Crippen LogP contribution < -0.4 is 5.32 Å². The summed E-state index contributed by atoms with van der Waals surface area (Å²) < 4.78 is 0. The van der Waals surface area contributed by atoms with Gasteiger partial charge < -0.3 is 5.32 Å². The van der Waals surface area contributed by atoms with E-state index in [0.29, 0.717) is 0 Å². The number of nitriles is 1. The van der Waals surface area contributed by atoms with Crippen molar-refractivity contribution in [3.63, 3.8) is 0 Å². The lowest BCUT2D eigenvalue weighted by molar-refractivity contribution is -0.121. The summed E-state index contributed by atoms with van der Waals surface area (Å²) >= 11 is 0. The first-order chi connectivity index (χ1) is 8.03. The number of aromatic nitrogens is 1. The minimum Gasteiger partial charge on any atom is -0.350 e. The van der Waals surface area contributed by atoms with Crippen LogP contribution in [0.25, 0.3) is 0 Å². The minimum atomic E-state index is -0.294. The Hall–Kier alpha value is -1.89. The normalized spacial score (nSPS) is 10.6. The molecule has 0 unspecified atom stereocenters. The Morgan fingerprint density at radius 3 is 2.71 bits per heavy atom. The average Bonchev–Trinajstić information content (AvgIpc) is 2.27. The smallest absolute Gasteiger partial charge is 0.234 e. The molecule has 17 heavy (non-hydrogen) atoms. The zero-order valence-corrected chi connectivity index (χ0v) is 10.2. The van der Waals surface area contributed by atoms with Crippen molar-refractivity contribution >= 4 is 5.91 Å². The predicted molar refractivity (Wildman–Crippen MR) is 65.0 cm³/mol. The van der Waals surface area contributed by atoms with Crippen LogP contribution in [0.15, 0.2) is 24.5 Å². The first kappa shape index (κ1) is 13.2. The van der Waals surface area contributed by atoms with Gasteiger partial charge >= 0.3 is 0 Å². The monoisotopic (exact) mass is 231 g/mol. The maximum absolute atomic E-state index is 11.3. The standard InChI is InChI=1S/C13H17N3O/c1-13(2,16-12(17)4-8-14)7-3-11-5-9-15-10-6-11/h5-6,9-10H,3-4,7H2,1-2H3,(H,16,17). The largest absolute Gasteiger partial charge is 0.350 e. The van der Waals surface area contributed by atoms with Gasteiger partial charge in [-0.05, 0) is 44.4 Å². The maximum Gasteiger partial charge on any atom is 0.234 e. The highest BCUT2D eigenvalue weighted by atomic mass is 16.1. The summed E-state index contributed by atoms with van der Waals surface area (Å²) in [6.07, 6.45) is 5.14. The highest BCUT2D eigenvalue weighted by molar-refractivity contribution is 5.78. The van der Waals surface area contributed by atoms with Crippen molar-refractivity contribution in [1.82, 2.24) is 10.3 Å². The number of aryl methyl sites for hydroxylation is 1. The van der Waals surface area contributed by atoms with Crippen LogP contribution in [0.4, 0.5) is 0 Å². The number of hydrogen-bond acceptors (Lipinski definition) is 3. The molecule has 0 aliphatic rings. The van der Waals surface area contributed by atoms with E-state index in [2.05, 4.69) is 10.3 Å². The topological polar surface area (TPSA) is 65.8 Å². The Morgan fingerprint density at radius 1 is 1.47 bits per heavy atom. The fraction of sp³-hybridized carbons (Fsp3) is 0.462. The average molecular weight is 231 g/mol. The molecule has 4 nitrogen and oxygen atoms in total. The number of pyridine rings is 1. The lowest BCUT2D eigenvalue weighted by Crippen LogP contribution is -2.43. The lowest BCUT2D eigenvalue weighted by atomic mass is 9.95. The molecule has 4 heteroatoms. The molecule has 0 aliphatic carbocycles. The molecule has 0 bridgehead atoms. The molecule has 0 aliphatic heterocycles. The third-order valence-corrected chi connectivity index (χ3v) is 2.51. The molecule has 1 aromatic rings. The molecule has 0 radical (unpaired) electrons. The Labute approximate surface area is 102 Å². The van der Waals surface area contributed by atoms with Gasteiger partial charge in [-0.2, -0.15) is 5.26 Å². The Kier molecular flexibility index (Phi) is 4.65. The van der Waals surface area contributed by atoms with E-state index >= 15 is 0 Å². The molecule has 1 N–H and O–H groups in total. The van der Waals surface area contributed by atoms with Crippen molar-refractivity contribution in [2.75, 3.05) is 0 Å². The second-order valence-corrected chi connectivity index (χ2v) is 4.62. The van der Waals surface area contributed by atoms with E-state index in [-0.39, 0.29) is 17.9 Å². The molecule has 0 atom stereocenters. The third kappa shape index (κ3) is 5.12. The fourth-order valence-electron chi connectivity index (χ4n) is 1.56. The molecule has 0 aromatic carbocycles. The van der Waals surface area contributed by atoms with Gasteiger partial charge in [0, 0.05) is 17.9 Å². The van der Waals surface area contributed by atoms with E-state index < -0.39 is 0 Å². The SMILES string of the molecule is CC(C)(CCc1ccncc1)NC(=O)CC#N. The maximum atomic E-state index is 11.3. The molecule has 0 spiro atoms. The Balaban J connectivity index is 2.45. The number of nitrogens with zero attached hydrogens (tertiary/aromatic N) is 2. The Morgan fingerprint density at radius 2 is 2.12 bits per heavy atom. The van der Waals surface area contributed by atoms with Gasteiger partial charge in [-0.3, -0.25) is 9.78 Å². The first-order valence-corrected chi connectivity index (χ1v) is 5.60. The molecular formula is C13H17N3O. The summed E-state index contributed by atoms with van der Waals surface area (Å²) in [6, 6.07) is 5.77. The summed E-state index contributed by atoms with van der Waals surface area (Å²) in [5.41, 5.74) is 0.902. The molecular weight excluding hydrogens is 214 g/mol. The van der Waals surface area contributed by atoms with E-state index in [0.717, 1.165) is 12.8 Å². The van der Waals surface area contributed by atoms with Crippen molar-refractivity contribution in [2.45, 2.75) is 38.6 Å². The molecule has 0 saturated heterocycles. The second-order valence-electron chi connectivity index (χ2n) is 4.62. The number of carbonyl (C=O) groups excluding carboxylic acids is 1. The van der Waals surface area contributed by atoms with E-state index in [1.165, 1.54) is 5.56 Å². The highest BCUT2D eigenvalue weighted by Gasteiger charge is 2.19. The van der Waals surface area contributed by atoms with Gasteiger partial charge in [0.1, 0.15) is 6.42 Å². The quantitative estimate of drug-likeness (QED) is 0.840. The van der Waals surface area contributed by atoms with Crippen LogP contribution in [0.2, 0.25) is 0 Å². The summed E-state index contributed by atoms with van der Waals surface area (Å²) in [5, 5.41) is 11.3. The van der Waals surface area contributed by atoms with Crippen molar-refractivity contribution in [3.05, 3.63) is 30.1 Å². The van der Waals surface area contributed by atoms with E-state index in [1.54, 1.807) is 12.4 Å². The minimum absolute atomic E-state index is 0.0846. The number of hydrogen-bond donors (Lipinski definition) is 1. The summed E-state index contributed by atoms with van der Waals surface area (Å²) in [6.45, 7) is 3.92. The van der Waals surface area contributed by atoms with Crippen LogP contribution in [0.1, 0.15) is 32.3 Å². The van der Waals surface area contributed by atoms with E-state index in [4.69, 9.17) is 5.26 Å². The summed E-state index contributed by atoms with van der Waals surface area (Å²) in [7, 11) is 0. The van der Waals surface area contributed by atoms with Crippen LogP contribution in [0, 0.1) is 11.3 Å². The van der Waals surface area contributed by atoms with Gasteiger partial charge in [-0.15, -0.1) is 0 Å². The third-order valence-electron chi connectivity index (χ3n) is 2.51. The van der Waals surface area contributed by atoms with Gasteiger partial charge in [0.05, 0.1) is 6.07 Å². The highest BCUT2D eigenvalue weighted by Crippen LogP contribution is 2.13. The van der Waals surface area contributed by atoms with E-state index in [9.17, 15) is 4.79 Å². The second kappa shape index (κ2) is 6.00. The van der Waals surface area contributed by atoms with E-state index in [1.807, 2.05) is 32.0 Å². The molecule has 1 heterocycles. The van der Waals surface area contributed by atoms with Crippen molar-refractivity contribution < 1.29 is 4.79 Å². The van der Waals surface area contributed by atoms with Gasteiger partial charge in [0.2, 0.25) is 5.91 Å². The Bertz CT molecular complexity index is 406. The first-order valence-electron chi connectivity index (χ1n) is 5.60. The molecule has 0 fully saturated rings. The number of carbonyl (C=O) groups is 1. The van der Waals surface area contributed by atoms with Crippen LogP contribution in [0.3, 0.4) is 0 Å². The van der Waals surface area contributed by atoms with Gasteiger partial charge in [-0.25, -0.2) is 0 Å². The van der Waals surface area contributed by atoms with Crippen LogP contribution in [-0.2, 0) is 11.2 Å². The number of amides is 1. The van der Waals surface area contributed by atoms with Crippen LogP contribution in [0.5, 0.6) is 0 Å². The van der Waals surface area contributed by atoms with Crippen LogP contribution >= 0.6 is 0 Å². The lowest BCUT2D eigenvalue weighted by Gasteiger charge is -2.25. The zero-order chi connectivity index (χ0) is 12.7. The molecule has 90 valence electrons. The van der Waals surface area contributed by atoms with Crippen molar-refractivity contribution in [1.29, 1.82) is 5.26 Å². The predicted octanol–water partition coefficient (Wildman–Crippen LogP) is 1.82. The summed E-state index contributed by atoms with van der Waals surface area (Å²) in [4.78, 5) is 15.3. The van der Waals surface area contributed by atoms with Crippen molar-refractivity contribution in [3.8, 4) is 6.07 Å². The van der Waals surface area contributed by atoms with Gasteiger partial charge in [0.15, 0.2) is 0 Å². The van der Waals surface area contributed by atoms with Gasteiger partial charge in [0.25, 0.3) is 0 Å². The van der Waals surface area contributed by atoms with Crippen molar-refractivity contribution in [2.24, 2.45) is 0 Å².